The highest BCUT2D eigenvalue weighted by atomic mass is 16.4. The van der Waals surface area contributed by atoms with E-state index in [1.807, 2.05) is 0 Å². The molecule has 1 atom stereocenters. The number of carbonyl (C=O) groups is 1. The first-order valence-corrected chi connectivity index (χ1v) is 3.09. The summed E-state index contributed by atoms with van der Waals surface area (Å²) in [7, 11) is 0. The molecule has 0 aromatic rings. The smallest absolute Gasteiger partial charge is 0.340 e. The topological polar surface area (TPSA) is 77.8 Å². The van der Waals surface area contributed by atoms with Gasteiger partial charge in [-0.3, -0.25) is 0 Å². The molecular weight excluding hydrogens is 148 g/mol. The second kappa shape index (κ2) is 2.39. The third-order valence-corrected chi connectivity index (χ3v) is 1.52. The fourth-order valence-corrected chi connectivity index (χ4v) is 0.778. The molecule has 1 rings (SSSR count). The molecule has 1 unspecified atom stereocenters. The maximum atomic E-state index is 10.4. The van der Waals surface area contributed by atoms with Crippen LogP contribution in [-0.4, -0.2) is 26.9 Å². The Labute approximate surface area is 63.1 Å². The molecule has 11 heavy (non-hydrogen) atoms. The van der Waals surface area contributed by atoms with Gasteiger partial charge in [0.05, 0.1) is 0 Å². The van der Waals surface area contributed by atoms with Crippen LogP contribution in [0.3, 0.4) is 0 Å². The molecule has 0 heterocycles. The molecule has 3 N–H and O–H groups in total. The Morgan fingerprint density at radius 2 is 2.27 bits per heavy atom. The first kappa shape index (κ1) is 7.81. The molecular formula is C7H8O4. The van der Waals surface area contributed by atoms with Crippen LogP contribution in [0, 0.1) is 0 Å². The van der Waals surface area contributed by atoms with Crippen molar-refractivity contribution in [2.75, 3.05) is 0 Å². The van der Waals surface area contributed by atoms with Crippen LogP contribution < -0.4 is 0 Å². The van der Waals surface area contributed by atoms with Gasteiger partial charge in [-0.05, 0) is 18.2 Å². The second-order valence-corrected chi connectivity index (χ2v) is 2.40. The van der Waals surface area contributed by atoms with Gasteiger partial charge >= 0.3 is 5.97 Å². The number of carboxylic acid groups (broad SMARTS) is 1. The van der Waals surface area contributed by atoms with Crippen molar-refractivity contribution in [2.24, 2.45) is 0 Å². The van der Waals surface area contributed by atoms with E-state index in [9.17, 15) is 9.90 Å². The summed E-state index contributed by atoms with van der Waals surface area (Å²) in [6.45, 7) is 0. The van der Waals surface area contributed by atoms with E-state index in [0.717, 1.165) is 12.2 Å². The second-order valence-electron chi connectivity index (χ2n) is 2.40. The summed E-state index contributed by atoms with van der Waals surface area (Å²) >= 11 is 0. The summed E-state index contributed by atoms with van der Waals surface area (Å²) in [5, 5.41) is 26.5. The monoisotopic (exact) mass is 156 g/mol. The van der Waals surface area contributed by atoms with E-state index in [-0.39, 0.29) is 12.2 Å². The van der Waals surface area contributed by atoms with Crippen LogP contribution in [0.2, 0.25) is 0 Å². The van der Waals surface area contributed by atoms with Crippen molar-refractivity contribution in [1.29, 1.82) is 0 Å². The molecule has 4 nitrogen and oxygen atoms in total. The Bertz CT molecular complexity index is 241. The quantitative estimate of drug-likeness (QED) is 0.507. The van der Waals surface area contributed by atoms with Crippen molar-refractivity contribution in [3.8, 4) is 0 Å². The van der Waals surface area contributed by atoms with Crippen LogP contribution >= 0.6 is 0 Å². The van der Waals surface area contributed by atoms with Gasteiger partial charge < -0.3 is 15.3 Å². The Hall–Kier alpha value is -1.29. The number of carboxylic acids is 1. The molecule has 0 aromatic heterocycles. The van der Waals surface area contributed by atoms with Crippen molar-refractivity contribution in [3.63, 3.8) is 0 Å². The van der Waals surface area contributed by atoms with Gasteiger partial charge in [0.2, 0.25) is 0 Å². The van der Waals surface area contributed by atoms with E-state index in [4.69, 9.17) is 10.2 Å². The molecule has 0 saturated heterocycles. The van der Waals surface area contributed by atoms with Crippen molar-refractivity contribution in [2.45, 2.75) is 12.0 Å². The Kier molecular flexibility index (Phi) is 1.70. The average molecular weight is 156 g/mol. The number of allylic oxidation sites excluding steroid dienone is 1. The predicted molar refractivity (Wildman–Crippen MR) is 37.1 cm³/mol. The minimum atomic E-state index is -1.84. The summed E-state index contributed by atoms with van der Waals surface area (Å²) in [4.78, 5) is 10.4. The standard InChI is InChI=1S/C7H8O4/c8-5-1-3-7(11,4-2-5)6(9)10/h1-3,8,11H,4H2,(H,9,10). The SMILES string of the molecule is O=C(O)C1(O)C=CC(O)=CC1. The molecule has 0 radical (unpaired) electrons. The molecule has 60 valence electrons. The van der Waals surface area contributed by atoms with E-state index < -0.39 is 11.6 Å². The first-order valence-electron chi connectivity index (χ1n) is 3.09. The number of aliphatic hydroxyl groups excluding tert-OH is 1. The summed E-state index contributed by atoms with van der Waals surface area (Å²) in [6, 6.07) is 0. The Balaban J connectivity index is 2.82. The lowest BCUT2D eigenvalue weighted by Crippen LogP contribution is -2.36. The lowest BCUT2D eigenvalue weighted by atomic mass is 9.95. The average Bonchev–Trinajstić information content (AvgIpc) is 1.95. The zero-order chi connectivity index (χ0) is 8.48. The van der Waals surface area contributed by atoms with Gasteiger partial charge in [-0.15, -0.1) is 0 Å². The third-order valence-electron chi connectivity index (χ3n) is 1.52. The number of rotatable bonds is 1. The maximum Gasteiger partial charge on any atom is 0.340 e. The Morgan fingerprint density at radius 3 is 2.64 bits per heavy atom. The van der Waals surface area contributed by atoms with Crippen LogP contribution in [-0.2, 0) is 4.79 Å². The maximum absolute atomic E-state index is 10.4. The van der Waals surface area contributed by atoms with Gasteiger partial charge in [0.15, 0.2) is 5.60 Å². The zero-order valence-electron chi connectivity index (χ0n) is 5.69. The van der Waals surface area contributed by atoms with Crippen molar-refractivity contribution < 1.29 is 20.1 Å². The van der Waals surface area contributed by atoms with Crippen LogP contribution in [0.4, 0.5) is 0 Å². The highest BCUT2D eigenvalue weighted by Gasteiger charge is 2.33. The number of aliphatic hydroxyl groups is 2. The minimum absolute atomic E-state index is 0.0177. The summed E-state index contributed by atoms with van der Waals surface area (Å²) in [6.07, 6.45) is 3.39. The normalized spacial score (nSPS) is 29.7. The van der Waals surface area contributed by atoms with Gasteiger partial charge in [0.25, 0.3) is 0 Å². The molecule has 0 spiro atoms. The summed E-state index contributed by atoms with van der Waals surface area (Å²) in [5.74, 6) is -1.33. The molecule has 0 aliphatic heterocycles. The van der Waals surface area contributed by atoms with Gasteiger partial charge in [0, 0.05) is 6.42 Å². The molecule has 0 aromatic carbocycles. The molecule has 0 fully saturated rings. The van der Waals surface area contributed by atoms with Gasteiger partial charge in [-0.2, -0.15) is 0 Å². The number of hydrogen-bond acceptors (Lipinski definition) is 3. The van der Waals surface area contributed by atoms with E-state index >= 15 is 0 Å². The lowest BCUT2D eigenvalue weighted by molar-refractivity contribution is -0.153. The fraction of sp³-hybridized carbons (Fsp3) is 0.286. The van der Waals surface area contributed by atoms with Crippen LogP contribution in [0.5, 0.6) is 0 Å². The first-order chi connectivity index (χ1) is 5.04. The van der Waals surface area contributed by atoms with E-state index in [0.29, 0.717) is 0 Å². The molecule has 0 amide bonds. The van der Waals surface area contributed by atoms with Crippen LogP contribution in [0.25, 0.3) is 0 Å². The van der Waals surface area contributed by atoms with Crippen molar-refractivity contribution >= 4 is 5.97 Å². The molecule has 0 saturated carbocycles. The fourth-order valence-electron chi connectivity index (χ4n) is 0.778. The minimum Gasteiger partial charge on any atom is -0.508 e. The van der Waals surface area contributed by atoms with E-state index in [2.05, 4.69) is 0 Å². The predicted octanol–water partition coefficient (Wildman–Crippen LogP) is 0.204. The number of aliphatic carboxylic acids is 1. The van der Waals surface area contributed by atoms with Crippen molar-refractivity contribution in [1.82, 2.24) is 0 Å². The van der Waals surface area contributed by atoms with Gasteiger partial charge in [-0.1, -0.05) is 0 Å². The zero-order valence-corrected chi connectivity index (χ0v) is 5.69. The Morgan fingerprint density at radius 1 is 1.64 bits per heavy atom. The lowest BCUT2D eigenvalue weighted by Gasteiger charge is -2.19. The third kappa shape index (κ3) is 1.40. The van der Waals surface area contributed by atoms with E-state index in [1.165, 1.54) is 6.08 Å². The molecule has 1 aliphatic carbocycles. The highest BCUT2D eigenvalue weighted by molar-refractivity contribution is 5.80. The highest BCUT2D eigenvalue weighted by Crippen LogP contribution is 2.19. The van der Waals surface area contributed by atoms with Crippen LogP contribution in [0.15, 0.2) is 24.0 Å². The van der Waals surface area contributed by atoms with Gasteiger partial charge in [-0.25, -0.2) is 4.79 Å². The largest absolute Gasteiger partial charge is 0.508 e. The molecule has 0 bridgehead atoms. The van der Waals surface area contributed by atoms with Crippen LogP contribution in [0.1, 0.15) is 6.42 Å². The molecule has 4 heteroatoms. The van der Waals surface area contributed by atoms with Gasteiger partial charge in [0.1, 0.15) is 5.76 Å². The number of hydrogen-bond donors (Lipinski definition) is 3. The summed E-state index contributed by atoms with van der Waals surface area (Å²) in [5.41, 5.74) is -1.84. The van der Waals surface area contributed by atoms with Crippen molar-refractivity contribution in [3.05, 3.63) is 24.0 Å². The molecule has 1 aliphatic rings. The summed E-state index contributed by atoms with van der Waals surface area (Å²) < 4.78 is 0. The van der Waals surface area contributed by atoms with E-state index in [1.54, 1.807) is 0 Å².